The van der Waals surface area contributed by atoms with Crippen molar-refractivity contribution in [2.24, 2.45) is 5.92 Å². The first kappa shape index (κ1) is 25.1. The van der Waals surface area contributed by atoms with Crippen molar-refractivity contribution in [3.63, 3.8) is 0 Å². The Bertz CT molecular complexity index is 905. The van der Waals surface area contributed by atoms with Crippen molar-refractivity contribution in [1.29, 1.82) is 0 Å². The van der Waals surface area contributed by atoms with Gasteiger partial charge in [-0.2, -0.15) is 13.2 Å². The highest BCUT2D eigenvalue weighted by Crippen LogP contribution is 2.42. The van der Waals surface area contributed by atoms with Crippen molar-refractivity contribution in [3.05, 3.63) is 47.7 Å². The van der Waals surface area contributed by atoms with Crippen molar-refractivity contribution in [1.82, 2.24) is 4.98 Å². The van der Waals surface area contributed by atoms with E-state index in [1.165, 1.54) is 6.07 Å². The quantitative estimate of drug-likeness (QED) is 0.391. The summed E-state index contributed by atoms with van der Waals surface area (Å²) >= 11 is 18.0. The molecule has 2 aromatic rings. The van der Waals surface area contributed by atoms with E-state index in [1.54, 1.807) is 18.2 Å². The standard InChI is InChI=1S/C22H24Cl3F3N2O2/c1-3-10-31-19-11-15(21(23,24)25)4-6-18(19)32-17-8-9-30(13-14(17)2)20-7-5-16(12-29-20)22(26,27)28/h4-7,11-12,14,17H,3,8-10,13H2,1-2H3/t14-,17+/m1/s1. The fraction of sp³-hybridized carbons (Fsp3) is 0.500. The van der Waals surface area contributed by atoms with E-state index in [4.69, 9.17) is 44.3 Å². The fourth-order valence-electron chi connectivity index (χ4n) is 3.52. The molecule has 1 aliphatic rings. The van der Waals surface area contributed by atoms with Gasteiger partial charge >= 0.3 is 6.18 Å². The van der Waals surface area contributed by atoms with Gasteiger partial charge in [-0.25, -0.2) is 4.98 Å². The SMILES string of the molecule is CCCOc1cc(C(Cl)(Cl)Cl)ccc1O[C@H]1CCN(c2ccc(C(F)(F)F)cn2)C[C@H]1C. The highest BCUT2D eigenvalue weighted by atomic mass is 35.6. The highest BCUT2D eigenvalue weighted by molar-refractivity contribution is 6.66. The zero-order valence-electron chi connectivity index (χ0n) is 17.6. The Hall–Kier alpha value is -1.57. The van der Waals surface area contributed by atoms with Crippen LogP contribution in [0, 0.1) is 5.92 Å². The normalized spacial score (nSPS) is 19.7. The molecule has 0 spiro atoms. The maximum atomic E-state index is 12.8. The number of nitrogens with zero attached hydrogens (tertiary/aromatic N) is 2. The Morgan fingerprint density at radius 3 is 2.38 bits per heavy atom. The minimum Gasteiger partial charge on any atom is -0.490 e. The van der Waals surface area contributed by atoms with Crippen molar-refractivity contribution in [3.8, 4) is 11.5 Å². The number of hydrogen-bond donors (Lipinski definition) is 0. The van der Waals surface area contributed by atoms with Crippen LogP contribution < -0.4 is 14.4 Å². The Morgan fingerprint density at radius 1 is 1.09 bits per heavy atom. The molecule has 4 nitrogen and oxygen atoms in total. The van der Waals surface area contributed by atoms with Crippen LogP contribution in [0.4, 0.5) is 19.0 Å². The molecule has 0 N–H and O–H groups in total. The average molecular weight is 512 g/mol. The Balaban J connectivity index is 1.69. The first-order valence-electron chi connectivity index (χ1n) is 10.3. The highest BCUT2D eigenvalue weighted by Gasteiger charge is 2.33. The van der Waals surface area contributed by atoms with Crippen molar-refractivity contribution < 1.29 is 22.6 Å². The number of ether oxygens (including phenoxy) is 2. The molecule has 10 heteroatoms. The lowest BCUT2D eigenvalue weighted by Gasteiger charge is -2.37. The lowest BCUT2D eigenvalue weighted by Crippen LogP contribution is -2.44. The summed E-state index contributed by atoms with van der Waals surface area (Å²) in [5.74, 6) is 1.69. The topological polar surface area (TPSA) is 34.6 Å². The predicted molar refractivity (Wildman–Crippen MR) is 121 cm³/mol. The third-order valence-corrected chi connectivity index (χ3v) is 5.89. The smallest absolute Gasteiger partial charge is 0.417 e. The summed E-state index contributed by atoms with van der Waals surface area (Å²) in [6.07, 6.45) is -2.16. The van der Waals surface area contributed by atoms with Crippen LogP contribution in [-0.4, -0.2) is 30.8 Å². The summed E-state index contributed by atoms with van der Waals surface area (Å²) in [5.41, 5.74) is -0.275. The van der Waals surface area contributed by atoms with Crippen LogP contribution in [0.3, 0.4) is 0 Å². The van der Waals surface area contributed by atoms with Crippen LogP contribution in [0.5, 0.6) is 11.5 Å². The van der Waals surface area contributed by atoms with Crippen LogP contribution in [-0.2, 0) is 9.97 Å². The number of aromatic nitrogens is 1. The summed E-state index contributed by atoms with van der Waals surface area (Å²) in [5, 5.41) is 0. The molecule has 2 heterocycles. The van der Waals surface area contributed by atoms with Gasteiger partial charge in [-0.1, -0.05) is 54.7 Å². The van der Waals surface area contributed by atoms with Crippen LogP contribution in [0.25, 0.3) is 0 Å². The number of anilines is 1. The van der Waals surface area contributed by atoms with Gasteiger partial charge in [0.1, 0.15) is 11.9 Å². The second-order valence-electron chi connectivity index (χ2n) is 7.78. The lowest BCUT2D eigenvalue weighted by atomic mass is 9.96. The average Bonchev–Trinajstić information content (AvgIpc) is 2.73. The maximum absolute atomic E-state index is 12.8. The molecule has 3 rings (SSSR count). The Morgan fingerprint density at radius 2 is 1.81 bits per heavy atom. The van der Waals surface area contributed by atoms with Gasteiger partial charge in [-0.05, 0) is 30.7 Å². The molecular weight excluding hydrogens is 488 g/mol. The molecule has 0 amide bonds. The predicted octanol–water partition coefficient (Wildman–Crippen LogP) is 7.01. The Labute approximate surface area is 200 Å². The first-order valence-corrected chi connectivity index (χ1v) is 11.4. The zero-order valence-corrected chi connectivity index (χ0v) is 19.9. The number of benzene rings is 1. The molecule has 1 saturated heterocycles. The van der Waals surface area contributed by atoms with E-state index in [0.717, 1.165) is 18.7 Å². The van der Waals surface area contributed by atoms with Gasteiger partial charge in [0.2, 0.25) is 3.79 Å². The van der Waals surface area contributed by atoms with Gasteiger partial charge in [-0.15, -0.1) is 0 Å². The molecule has 0 unspecified atom stereocenters. The van der Waals surface area contributed by atoms with E-state index in [2.05, 4.69) is 4.98 Å². The van der Waals surface area contributed by atoms with E-state index in [-0.39, 0.29) is 12.0 Å². The third kappa shape index (κ3) is 6.27. The summed E-state index contributed by atoms with van der Waals surface area (Å²) in [6.45, 7) is 5.72. The largest absolute Gasteiger partial charge is 0.490 e. The monoisotopic (exact) mass is 510 g/mol. The van der Waals surface area contributed by atoms with E-state index >= 15 is 0 Å². The van der Waals surface area contributed by atoms with Crippen LogP contribution in [0.2, 0.25) is 0 Å². The van der Waals surface area contributed by atoms with E-state index in [1.807, 2.05) is 18.7 Å². The molecule has 2 atom stereocenters. The molecule has 0 radical (unpaired) electrons. The van der Waals surface area contributed by atoms with E-state index in [9.17, 15) is 13.2 Å². The summed E-state index contributed by atoms with van der Waals surface area (Å²) in [4.78, 5) is 5.96. The fourth-order valence-corrected chi connectivity index (χ4v) is 3.87. The third-order valence-electron chi connectivity index (χ3n) is 5.24. The molecule has 32 heavy (non-hydrogen) atoms. The van der Waals surface area contributed by atoms with Crippen LogP contribution in [0.1, 0.15) is 37.8 Å². The number of pyridine rings is 1. The van der Waals surface area contributed by atoms with Gasteiger partial charge in [-0.3, -0.25) is 0 Å². The zero-order chi connectivity index (χ0) is 23.5. The summed E-state index contributed by atoms with van der Waals surface area (Å²) in [7, 11) is 0. The summed E-state index contributed by atoms with van der Waals surface area (Å²) in [6, 6.07) is 7.55. The molecule has 176 valence electrons. The second-order valence-corrected chi connectivity index (χ2v) is 10.1. The van der Waals surface area contributed by atoms with E-state index < -0.39 is 15.5 Å². The molecule has 1 fully saturated rings. The molecule has 1 aliphatic heterocycles. The molecule has 0 bridgehead atoms. The molecule has 0 saturated carbocycles. The number of piperidine rings is 1. The van der Waals surface area contributed by atoms with Gasteiger partial charge < -0.3 is 14.4 Å². The van der Waals surface area contributed by atoms with Crippen molar-refractivity contribution >= 4 is 40.6 Å². The second kappa shape index (κ2) is 10.1. The molecule has 1 aromatic carbocycles. The van der Waals surface area contributed by atoms with Crippen LogP contribution >= 0.6 is 34.8 Å². The van der Waals surface area contributed by atoms with Gasteiger partial charge in [0.15, 0.2) is 11.5 Å². The van der Waals surface area contributed by atoms with Crippen molar-refractivity contribution in [2.45, 2.75) is 42.8 Å². The molecular formula is C22H24Cl3F3N2O2. The Kier molecular flexibility index (Phi) is 7.94. The number of hydrogen-bond acceptors (Lipinski definition) is 4. The number of halogens is 6. The number of rotatable bonds is 6. The van der Waals surface area contributed by atoms with E-state index in [0.29, 0.717) is 49.0 Å². The number of alkyl halides is 6. The van der Waals surface area contributed by atoms with Gasteiger partial charge in [0.25, 0.3) is 0 Å². The minimum atomic E-state index is -4.40. The summed E-state index contributed by atoms with van der Waals surface area (Å²) < 4.78 is 48.8. The minimum absolute atomic E-state index is 0.0970. The van der Waals surface area contributed by atoms with Gasteiger partial charge in [0.05, 0.1) is 12.2 Å². The van der Waals surface area contributed by atoms with Gasteiger partial charge in [0, 0.05) is 37.2 Å². The van der Waals surface area contributed by atoms with Crippen molar-refractivity contribution in [2.75, 3.05) is 24.6 Å². The maximum Gasteiger partial charge on any atom is 0.417 e. The lowest BCUT2D eigenvalue weighted by molar-refractivity contribution is -0.137. The molecule has 1 aromatic heterocycles. The first-order chi connectivity index (χ1) is 15.0. The van der Waals surface area contributed by atoms with Crippen LogP contribution in [0.15, 0.2) is 36.5 Å². The molecule has 0 aliphatic carbocycles.